The van der Waals surface area contributed by atoms with E-state index in [9.17, 15) is 4.39 Å². The lowest BCUT2D eigenvalue weighted by molar-refractivity contribution is 0.629. The summed E-state index contributed by atoms with van der Waals surface area (Å²) in [5.41, 5.74) is 0.553. The minimum absolute atomic E-state index is 0.0454. The van der Waals surface area contributed by atoms with Crippen LogP contribution in [0.5, 0.6) is 0 Å². The lowest BCUT2D eigenvalue weighted by Gasteiger charge is -2.08. The minimum atomic E-state index is -0.634. The number of hydrogen-bond donors (Lipinski definition) is 2. The molecule has 0 aliphatic rings. The van der Waals surface area contributed by atoms with Gasteiger partial charge in [-0.1, -0.05) is 23.2 Å². The van der Waals surface area contributed by atoms with Crippen molar-refractivity contribution in [1.29, 1.82) is 0 Å². The molecule has 4 nitrogen and oxygen atoms in total. The summed E-state index contributed by atoms with van der Waals surface area (Å²) < 4.78 is 13.3. The fraction of sp³-hybridized carbons (Fsp3) is 0.167. The number of nitrogens with one attached hydrogen (secondary N) is 2. The maximum Gasteiger partial charge on any atom is 0.224 e. The predicted octanol–water partition coefficient (Wildman–Crippen LogP) is 4.10. The molecule has 2 aromatic rings. The van der Waals surface area contributed by atoms with Crippen LogP contribution in [0.15, 0.2) is 24.4 Å². The second-order valence-corrected chi connectivity index (χ2v) is 4.49. The van der Waals surface area contributed by atoms with Crippen LogP contribution < -0.4 is 10.6 Å². The molecule has 100 valence electrons. The number of aromatic nitrogens is 2. The summed E-state index contributed by atoms with van der Waals surface area (Å²) in [5, 5.41) is 5.89. The third-order valence-electron chi connectivity index (χ3n) is 2.25. The van der Waals surface area contributed by atoms with E-state index in [-0.39, 0.29) is 10.0 Å². The zero-order valence-corrected chi connectivity index (χ0v) is 11.6. The van der Waals surface area contributed by atoms with Crippen LogP contribution in [0.2, 0.25) is 10.0 Å². The van der Waals surface area contributed by atoms with E-state index in [0.29, 0.717) is 17.5 Å². The Morgan fingerprint density at radius 3 is 2.58 bits per heavy atom. The first kappa shape index (κ1) is 13.8. The summed E-state index contributed by atoms with van der Waals surface area (Å²) in [7, 11) is 0. The van der Waals surface area contributed by atoms with Gasteiger partial charge >= 0.3 is 0 Å². The van der Waals surface area contributed by atoms with Crippen molar-refractivity contribution in [1.82, 2.24) is 9.97 Å². The Kier molecular flexibility index (Phi) is 4.39. The van der Waals surface area contributed by atoms with Crippen LogP contribution in [0.25, 0.3) is 0 Å². The van der Waals surface area contributed by atoms with Crippen molar-refractivity contribution in [2.45, 2.75) is 6.92 Å². The summed E-state index contributed by atoms with van der Waals surface area (Å²) in [4.78, 5) is 8.27. The van der Waals surface area contributed by atoms with Crippen molar-refractivity contribution < 1.29 is 4.39 Å². The van der Waals surface area contributed by atoms with Crippen molar-refractivity contribution in [2.24, 2.45) is 0 Å². The Morgan fingerprint density at radius 1 is 1.26 bits per heavy atom. The van der Waals surface area contributed by atoms with E-state index in [2.05, 4.69) is 20.6 Å². The molecule has 1 aromatic carbocycles. The first-order chi connectivity index (χ1) is 9.10. The molecule has 7 heteroatoms. The van der Waals surface area contributed by atoms with Gasteiger partial charge in [0.1, 0.15) is 5.82 Å². The lowest BCUT2D eigenvalue weighted by atomic mass is 10.3. The van der Waals surface area contributed by atoms with Gasteiger partial charge in [-0.15, -0.1) is 0 Å². The Labute approximate surface area is 120 Å². The van der Waals surface area contributed by atoms with Crippen molar-refractivity contribution in [3.63, 3.8) is 0 Å². The number of hydrogen-bond acceptors (Lipinski definition) is 4. The van der Waals surface area contributed by atoms with E-state index < -0.39 is 5.82 Å². The van der Waals surface area contributed by atoms with Gasteiger partial charge in [0.05, 0.1) is 10.0 Å². The molecular weight excluding hydrogens is 290 g/mol. The van der Waals surface area contributed by atoms with Crippen molar-refractivity contribution >= 4 is 40.7 Å². The fourth-order valence-electron chi connectivity index (χ4n) is 1.45. The highest BCUT2D eigenvalue weighted by Crippen LogP contribution is 2.28. The standard InChI is InChI=1S/C12H11Cl2FN4/c1-2-16-12-17-4-3-10(19-12)18-7-5-8(13)11(15)9(14)6-7/h3-6H,2H2,1H3,(H2,16,17,18,19). The zero-order chi connectivity index (χ0) is 13.8. The van der Waals surface area contributed by atoms with E-state index in [0.717, 1.165) is 6.54 Å². The second-order valence-electron chi connectivity index (χ2n) is 3.67. The lowest BCUT2D eigenvalue weighted by Crippen LogP contribution is -2.03. The van der Waals surface area contributed by atoms with E-state index in [1.54, 1.807) is 12.3 Å². The first-order valence-electron chi connectivity index (χ1n) is 5.58. The number of rotatable bonds is 4. The summed E-state index contributed by atoms with van der Waals surface area (Å²) in [5.74, 6) is 0.432. The highest BCUT2D eigenvalue weighted by atomic mass is 35.5. The molecule has 0 aliphatic carbocycles. The van der Waals surface area contributed by atoms with Gasteiger partial charge in [-0.05, 0) is 25.1 Å². The van der Waals surface area contributed by atoms with Crippen LogP contribution in [0, 0.1) is 5.82 Å². The molecule has 0 fully saturated rings. The van der Waals surface area contributed by atoms with Gasteiger partial charge in [0.15, 0.2) is 5.82 Å². The molecule has 1 heterocycles. The first-order valence-corrected chi connectivity index (χ1v) is 6.34. The number of halogens is 3. The SMILES string of the molecule is CCNc1nccc(Nc2cc(Cl)c(F)c(Cl)c2)n1. The Bertz CT molecular complexity index is 569. The number of benzene rings is 1. The van der Waals surface area contributed by atoms with Crippen LogP contribution in [-0.4, -0.2) is 16.5 Å². The normalized spacial score (nSPS) is 10.3. The molecule has 0 unspecified atom stereocenters. The third-order valence-corrected chi connectivity index (χ3v) is 2.80. The maximum absolute atomic E-state index is 13.3. The molecular formula is C12H11Cl2FN4. The molecule has 0 atom stereocenters. The molecule has 2 rings (SSSR count). The van der Waals surface area contributed by atoms with Crippen molar-refractivity contribution in [3.8, 4) is 0 Å². The van der Waals surface area contributed by atoms with Gasteiger partial charge in [-0.3, -0.25) is 0 Å². The molecule has 0 spiro atoms. The van der Waals surface area contributed by atoms with Gasteiger partial charge in [-0.2, -0.15) is 4.98 Å². The molecule has 0 saturated heterocycles. The van der Waals surface area contributed by atoms with Gasteiger partial charge in [0.2, 0.25) is 5.95 Å². The molecule has 2 N–H and O–H groups in total. The monoisotopic (exact) mass is 300 g/mol. The quantitative estimate of drug-likeness (QED) is 0.835. The average Bonchev–Trinajstić information content (AvgIpc) is 2.37. The van der Waals surface area contributed by atoms with Crippen LogP contribution in [0.4, 0.5) is 21.8 Å². The topological polar surface area (TPSA) is 49.8 Å². The molecule has 0 radical (unpaired) electrons. The van der Waals surface area contributed by atoms with Crippen LogP contribution in [0.3, 0.4) is 0 Å². The molecule has 1 aromatic heterocycles. The third kappa shape index (κ3) is 3.45. The smallest absolute Gasteiger partial charge is 0.224 e. The Balaban J connectivity index is 2.23. The van der Waals surface area contributed by atoms with Gasteiger partial charge in [0.25, 0.3) is 0 Å². The average molecular weight is 301 g/mol. The zero-order valence-electron chi connectivity index (χ0n) is 10.0. The van der Waals surface area contributed by atoms with Crippen molar-refractivity contribution in [2.75, 3.05) is 17.2 Å². The summed E-state index contributed by atoms with van der Waals surface area (Å²) >= 11 is 11.4. The van der Waals surface area contributed by atoms with E-state index in [1.165, 1.54) is 12.1 Å². The van der Waals surface area contributed by atoms with Crippen LogP contribution in [-0.2, 0) is 0 Å². The van der Waals surface area contributed by atoms with Gasteiger partial charge in [0, 0.05) is 18.4 Å². The van der Waals surface area contributed by atoms with Crippen LogP contribution in [0.1, 0.15) is 6.92 Å². The predicted molar refractivity (Wildman–Crippen MR) is 75.9 cm³/mol. The van der Waals surface area contributed by atoms with E-state index in [4.69, 9.17) is 23.2 Å². The van der Waals surface area contributed by atoms with Crippen molar-refractivity contribution in [3.05, 3.63) is 40.3 Å². The fourth-order valence-corrected chi connectivity index (χ4v) is 1.93. The summed E-state index contributed by atoms with van der Waals surface area (Å²) in [6, 6.07) is 4.57. The van der Waals surface area contributed by atoms with E-state index >= 15 is 0 Å². The molecule has 19 heavy (non-hydrogen) atoms. The summed E-state index contributed by atoms with van der Waals surface area (Å²) in [6.45, 7) is 2.67. The van der Waals surface area contributed by atoms with Gasteiger partial charge < -0.3 is 10.6 Å². The maximum atomic E-state index is 13.3. The Morgan fingerprint density at radius 2 is 1.95 bits per heavy atom. The molecule has 0 aliphatic heterocycles. The largest absolute Gasteiger partial charge is 0.354 e. The minimum Gasteiger partial charge on any atom is -0.354 e. The van der Waals surface area contributed by atoms with E-state index in [1.807, 2.05) is 6.92 Å². The van der Waals surface area contributed by atoms with Crippen LogP contribution >= 0.6 is 23.2 Å². The highest BCUT2D eigenvalue weighted by molar-refractivity contribution is 6.35. The molecule has 0 saturated carbocycles. The summed E-state index contributed by atoms with van der Waals surface area (Å²) in [6.07, 6.45) is 1.61. The Hall–Kier alpha value is -1.59. The number of nitrogens with zero attached hydrogens (tertiary/aromatic N) is 2. The molecule has 0 amide bonds. The number of anilines is 3. The second kappa shape index (κ2) is 6.04. The molecule has 0 bridgehead atoms. The van der Waals surface area contributed by atoms with Gasteiger partial charge in [-0.25, -0.2) is 9.37 Å². The highest BCUT2D eigenvalue weighted by Gasteiger charge is 2.08.